The van der Waals surface area contributed by atoms with Crippen molar-refractivity contribution in [3.63, 3.8) is 0 Å². The summed E-state index contributed by atoms with van der Waals surface area (Å²) >= 11 is 0. The number of carbonyl (C=O) groups excluding carboxylic acids is 1. The number of anilines is 1. The van der Waals surface area contributed by atoms with Gasteiger partial charge in [-0.25, -0.2) is 4.79 Å². The Labute approximate surface area is 220 Å². The summed E-state index contributed by atoms with van der Waals surface area (Å²) in [6.07, 6.45) is 1.53. The number of piperidine rings is 1. The fourth-order valence-corrected chi connectivity index (χ4v) is 5.39. The number of nitrogens with zero attached hydrogens (tertiary/aromatic N) is 2. The molecular weight excluding hydrogens is 476 g/mol. The van der Waals surface area contributed by atoms with E-state index in [0.29, 0.717) is 12.1 Å². The standard InChI is InChI=1S/C31H28N4O3/c36-30(22-13-15-35(16-14-22)19-20-5-3-8-23(17-20)31(37)38)32-24-11-12-28-27(18-24)29(34-33-28)26-10-4-7-21-6-1-2-9-25(21)26/h1-12,17-18,22H,13-16,19H2,(H,32,36)(H,33,34)(H,37,38). The second kappa shape index (κ2) is 10.1. The minimum Gasteiger partial charge on any atom is -0.478 e. The van der Waals surface area contributed by atoms with Crippen LogP contribution in [0.25, 0.3) is 32.9 Å². The Morgan fingerprint density at radius 3 is 2.55 bits per heavy atom. The summed E-state index contributed by atoms with van der Waals surface area (Å²) in [6, 6.07) is 27.4. The third-order valence-electron chi connectivity index (χ3n) is 7.41. The quantitative estimate of drug-likeness (QED) is 0.266. The van der Waals surface area contributed by atoms with Crippen LogP contribution in [-0.4, -0.2) is 45.2 Å². The lowest BCUT2D eigenvalue weighted by molar-refractivity contribution is -0.121. The normalized spacial score (nSPS) is 14.6. The summed E-state index contributed by atoms with van der Waals surface area (Å²) in [5.41, 5.74) is 4.88. The maximum absolute atomic E-state index is 13.1. The van der Waals surface area contributed by atoms with E-state index < -0.39 is 5.97 Å². The Hall–Kier alpha value is -4.49. The summed E-state index contributed by atoms with van der Waals surface area (Å²) in [5, 5.41) is 23.4. The molecule has 3 N–H and O–H groups in total. The van der Waals surface area contributed by atoms with Gasteiger partial charge in [0.2, 0.25) is 5.91 Å². The van der Waals surface area contributed by atoms with Crippen molar-refractivity contribution in [1.29, 1.82) is 0 Å². The van der Waals surface area contributed by atoms with E-state index in [9.17, 15) is 14.7 Å². The van der Waals surface area contributed by atoms with Crippen molar-refractivity contribution in [3.8, 4) is 11.3 Å². The van der Waals surface area contributed by atoms with Gasteiger partial charge in [0.05, 0.1) is 11.1 Å². The largest absolute Gasteiger partial charge is 0.478 e. The average molecular weight is 505 g/mol. The third kappa shape index (κ3) is 4.76. The topological polar surface area (TPSA) is 98.3 Å². The molecule has 7 nitrogen and oxygen atoms in total. The van der Waals surface area contributed by atoms with Crippen LogP contribution in [0.3, 0.4) is 0 Å². The number of benzene rings is 4. The lowest BCUT2D eigenvalue weighted by Crippen LogP contribution is -2.37. The third-order valence-corrected chi connectivity index (χ3v) is 7.41. The van der Waals surface area contributed by atoms with E-state index in [1.54, 1.807) is 18.2 Å². The molecule has 0 radical (unpaired) electrons. The van der Waals surface area contributed by atoms with E-state index >= 15 is 0 Å². The number of hydrogen-bond acceptors (Lipinski definition) is 4. The first-order valence-corrected chi connectivity index (χ1v) is 12.9. The van der Waals surface area contributed by atoms with Crippen LogP contribution in [0.1, 0.15) is 28.8 Å². The monoisotopic (exact) mass is 504 g/mol. The van der Waals surface area contributed by atoms with Gasteiger partial charge in [-0.1, -0.05) is 54.6 Å². The second-order valence-electron chi connectivity index (χ2n) is 9.90. The van der Waals surface area contributed by atoms with E-state index in [1.165, 1.54) is 0 Å². The van der Waals surface area contributed by atoms with Crippen molar-refractivity contribution in [2.75, 3.05) is 18.4 Å². The molecule has 0 unspecified atom stereocenters. The molecule has 1 aromatic heterocycles. The van der Waals surface area contributed by atoms with Gasteiger partial charge in [0.15, 0.2) is 0 Å². The summed E-state index contributed by atoms with van der Waals surface area (Å²) in [6.45, 7) is 2.27. The molecule has 190 valence electrons. The first-order valence-electron chi connectivity index (χ1n) is 12.9. The van der Waals surface area contributed by atoms with Crippen molar-refractivity contribution in [2.45, 2.75) is 19.4 Å². The number of aromatic carboxylic acids is 1. The molecule has 0 spiro atoms. The van der Waals surface area contributed by atoms with E-state index in [0.717, 1.165) is 70.1 Å². The molecule has 0 saturated carbocycles. The highest BCUT2D eigenvalue weighted by Gasteiger charge is 2.25. The highest BCUT2D eigenvalue weighted by atomic mass is 16.4. The number of carboxylic acids is 1. The van der Waals surface area contributed by atoms with Crippen LogP contribution in [0, 0.1) is 5.92 Å². The van der Waals surface area contributed by atoms with Crippen molar-refractivity contribution in [2.24, 2.45) is 5.92 Å². The van der Waals surface area contributed by atoms with Gasteiger partial charge in [0.1, 0.15) is 5.69 Å². The molecule has 1 aliphatic rings. The molecular formula is C31H28N4O3. The fourth-order valence-electron chi connectivity index (χ4n) is 5.39. The molecule has 5 aromatic rings. The fraction of sp³-hybridized carbons (Fsp3) is 0.194. The summed E-state index contributed by atoms with van der Waals surface area (Å²) < 4.78 is 0. The molecule has 7 heteroatoms. The lowest BCUT2D eigenvalue weighted by atomic mass is 9.95. The number of likely N-dealkylation sites (tertiary alicyclic amines) is 1. The molecule has 1 amide bonds. The minimum atomic E-state index is -0.917. The molecule has 6 rings (SSSR count). The number of H-pyrrole nitrogens is 1. The number of amides is 1. The molecule has 0 bridgehead atoms. The molecule has 0 atom stereocenters. The van der Waals surface area contributed by atoms with E-state index in [4.69, 9.17) is 0 Å². The number of aromatic amines is 1. The summed E-state index contributed by atoms with van der Waals surface area (Å²) in [5.74, 6) is -0.943. The number of carbonyl (C=O) groups is 2. The zero-order valence-electron chi connectivity index (χ0n) is 20.9. The number of nitrogens with one attached hydrogen (secondary N) is 2. The van der Waals surface area contributed by atoms with Gasteiger partial charge in [-0.3, -0.25) is 14.8 Å². The molecule has 4 aromatic carbocycles. The Bertz CT molecular complexity index is 1640. The maximum atomic E-state index is 13.1. The number of fused-ring (bicyclic) bond motifs is 2. The van der Waals surface area contributed by atoms with Gasteiger partial charge >= 0.3 is 5.97 Å². The Morgan fingerprint density at radius 2 is 1.71 bits per heavy atom. The van der Waals surface area contributed by atoms with E-state index in [2.05, 4.69) is 44.7 Å². The van der Waals surface area contributed by atoms with E-state index in [-0.39, 0.29) is 11.8 Å². The SMILES string of the molecule is O=C(O)c1cccc(CN2CCC(C(=O)Nc3ccc4[nH]nc(-c5cccc6ccccc56)c4c3)CC2)c1. The zero-order chi connectivity index (χ0) is 26.1. The number of aromatic nitrogens is 2. The molecule has 0 aliphatic carbocycles. The van der Waals surface area contributed by atoms with Crippen LogP contribution in [0.4, 0.5) is 5.69 Å². The Balaban J connectivity index is 1.14. The number of rotatable bonds is 6. The average Bonchev–Trinajstić information content (AvgIpc) is 3.36. The smallest absolute Gasteiger partial charge is 0.335 e. The Kier molecular flexibility index (Phi) is 6.35. The molecule has 38 heavy (non-hydrogen) atoms. The summed E-state index contributed by atoms with van der Waals surface area (Å²) in [4.78, 5) is 26.7. The molecule has 2 heterocycles. The second-order valence-corrected chi connectivity index (χ2v) is 9.90. The van der Waals surface area contributed by atoms with Gasteiger partial charge in [-0.15, -0.1) is 0 Å². The van der Waals surface area contributed by atoms with Gasteiger partial charge in [-0.2, -0.15) is 5.10 Å². The molecule has 1 fully saturated rings. The van der Waals surface area contributed by atoms with Crippen molar-refractivity contribution < 1.29 is 14.7 Å². The van der Waals surface area contributed by atoms with Crippen LogP contribution in [-0.2, 0) is 11.3 Å². The Morgan fingerprint density at radius 1 is 0.921 bits per heavy atom. The predicted octanol–water partition coefficient (Wildman–Crippen LogP) is 5.93. The number of carboxylic acid groups (broad SMARTS) is 1. The number of hydrogen-bond donors (Lipinski definition) is 3. The first kappa shape index (κ1) is 23.9. The highest BCUT2D eigenvalue weighted by Crippen LogP contribution is 2.33. The van der Waals surface area contributed by atoms with Crippen molar-refractivity contribution in [1.82, 2.24) is 15.1 Å². The van der Waals surface area contributed by atoms with Crippen LogP contribution < -0.4 is 5.32 Å². The van der Waals surface area contributed by atoms with Crippen molar-refractivity contribution >= 4 is 39.2 Å². The predicted molar refractivity (Wildman–Crippen MR) is 149 cm³/mol. The maximum Gasteiger partial charge on any atom is 0.335 e. The van der Waals surface area contributed by atoms with Crippen LogP contribution in [0.2, 0.25) is 0 Å². The van der Waals surface area contributed by atoms with Crippen LogP contribution >= 0.6 is 0 Å². The molecule has 1 aliphatic heterocycles. The summed E-state index contributed by atoms with van der Waals surface area (Å²) in [7, 11) is 0. The van der Waals surface area contributed by atoms with Gasteiger partial charge in [-0.05, 0) is 72.6 Å². The van der Waals surface area contributed by atoms with Crippen LogP contribution in [0.15, 0.2) is 84.9 Å². The van der Waals surface area contributed by atoms with Gasteiger partial charge in [0, 0.05) is 29.1 Å². The lowest BCUT2D eigenvalue weighted by Gasteiger charge is -2.31. The highest BCUT2D eigenvalue weighted by molar-refractivity contribution is 6.05. The van der Waals surface area contributed by atoms with Gasteiger partial charge < -0.3 is 10.4 Å². The van der Waals surface area contributed by atoms with Crippen LogP contribution in [0.5, 0.6) is 0 Å². The zero-order valence-corrected chi connectivity index (χ0v) is 20.9. The first-order chi connectivity index (χ1) is 18.5. The minimum absolute atomic E-state index is 0.0343. The van der Waals surface area contributed by atoms with Gasteiger partial charge in [0.25, 0.3) is 0 Å². The molecule has 1 saturated heterocycles. The van der Waals surface area contributed by atoms with E-state index in [1.807, 2.05) is 42.5 Å². The van der Waals surface area contributed by atoms with Crippen molar-refractivity contribution in [3.05, 3.63) is 96.1 Å².